The van der Waals surface area contributed by atoms with Crippen molar-refractivity contribution in [1.29, 1.82) is 0 Å². The van der Waals surface area contributed by atoms with Gasteiger partial charge in [-0.3, -0.25) is 9.89 Å². The molecule has 3 rings (SSSR count). The minimum Gasteiger partial charge on any atom is -0.352 e. The van der Waals surface area contributed by atoms with Crippen LogP contribution in [-0.2, 0) is 11.2 Å². The smallest absolute Gasteiger partial charge is 0.244 e. The molecule has 0 saturated carbocycles. The molecule has 0 saturated heterocycles. The van der Waals surface area contributed by atoms with Crippen LogP contribution in [0.1, 0.15) is 11.4 Å². The van der Waals surface area contributed by atoms with Gasteiger partial charge in [-0.15, -0.1) is 0 Å². The largest absolute Gasteiger partial charge is 0.352 e. The van der Waals surface area contributed by atoms with Crippen LogP contribution in [0.2, 0.25) is 0 Å². The summed E-state index contributed by atoms with van der Waals surface area (Å²) in [5.74, 6) is 1.30. The van der Waals surface area contributed by atoms with Crippen molar-refractivity contribution in [2.24, 2.45) is 0 Å². The summed E-state index contributed by atoms with van der Waals surface area (Å²) < 4.78 is 0. The average molecular weight is 318 g/mol. The molecule has 5 heteroatoms. The Balaban J connectivity index is 1.47. The van der Waals surface area contributed by atoms with Gasteiger partial charge in [0.15, 0.2) is 5.82 Å². The second-order valence-electron chi connectivity index (χ2n) is 5.26. The highest BCUT2D eigenvalue weighted by atomic mass is 16.1. The zero-order valence-corrected chi connectivity index (χ0v) is 13.1. The van der Waals surface area contributed by atoms with Crippen molar-refractivity contribution in [2.45, 2.75) is 6.42 Å². The van der Waals surface area contributed by atoms with E-state index in [1.807, 2.05) is 60.7 Å². The topological polar surface area (TPSA) is 70.7 Å². The monoisotopic (exact) mass is 318 g/mol. The quantitative estimate of drug-likeness (QED) is 0.687. The Kier molecular flexibility index (Phi) is 5.14. The fraction of sp³-hybridized carbons (Fsp3) is 0.105. The summed E-state index contributed by atoms with van der Waals surface area (Å²) in [7, 11) is 0. The number of benzene rings is 2. The molecule has 1 heterocycles. The van der Waals surface area contributed by atoms with E-state index >= 15 is 0 Å². The second-order valence-corrected chi connectivity index (χ2v) is 5.26. The Morgan fingerprint density at radius 2 is 1.75 bits per heavy atom. The van der Waals surface area contributed by atoms with Gasteiger partial charge in [-0.2, -0.15) is 5.10 Å². The van der Waals surface area contributed by atoms with Crippen molar-refractivity contribution in [2.75, 3.05) is 6.54 Å². The number of carbonyl (C=O) groups is 1. The molecule has 3 aromatic rings. The molecule has 0 fully saturated rings. The maximum atomic E-state index is 11.8. The van der Waals surface area contributed by atoms with Crippen LogP contribution >= 0.6 is 0 Å². The zero-order valence-electron chi connectivity index (χ0n) is 13.1. The van der Waals surface area contributed by atoms with Gasteiger partial charge in [0.2, 0.25) is 5.91 Å². The Morgan fingerprint density at radius 1 is 1.04 bits per heavy atom. The highest BCUT2D eigenvalue weighted by molar-refractivity contribution is 5.91. The summed E-state index contributed by atoms with van der Waals surface area (Å²) in [5.41, 5.74) is 1.96. The van der Waals surface area contributed by atoms with Crippen molar-refractivity contribution in [1.82, 2.24) is 20.5 Å². The highest BCUT2D eigenvalue weighted by Gasteiger charge is 2.05. The fourth-order valence-corrected chi connectivity index (χ4v) is 2.22. The van der Waals surface area contributed by atoms with E-state index in [9.17, 15) is 4.79 Å². The molecule has 5 nitrogen and oxygen atoms in total. The van der Waals surface area contributed by atoms with Gasteiger partial charge in [0.05, 0.1) is 0 Å². The van der Waals surface area contributed by atoms with E-state index in [2.05, 4.69) is 20.5 Å². The standard InChI is InChI=1S/C19H18N4O/c24-18(12-11-15-7-3-1-4-8-15)20-14-13-17-21-19(23-22-17)16-9-5-2-6-10-16/h1-12H,13-14H2,(H,20,24)(H,21,22,23). The molecule has 0 bridgehead atoms. The first kappa shape index (κ1) is 15.7. The lowest BCUT2D eigenvalue weighted by molar-refractivity contribution is -0.116. The molecule has 1 amide bonds. The van der Waals surface area contributed by atoms with Crippen LogP contribution in [0.5, 0.6) is 0 Å². The normalized spacial score (nSPS) is 10.8. The molecule has 0 aliphatic heterocycles. The van der Waals surface area contributed by atoms with Crippen molar-refractivity contribution in [3.8, 4) is 11.4 Å². The summed E-state index contributed by atoms with van der Waals surface area (Å²) in [6.45, 7) is 0.501. The van der Waals surface area contributed by atoms with E-state index in [1.165, 1.54) is 6.08 Å². The first-order chi connectivity index (χ1) is 11.8. The lowest BCUT2D eigenvalue weighted by atomic mass is 10.2. The minimum atomic E-state index is -0.123. The summed E-state index contributed by atoms with van der Waals surface area (Å²) in [4.78, 5) is 16.2. The van der Waals surface area contributed by atoms with Crippen molar-refractivity contribution < 1.29 is 4.79 Å². The molecule has 1 aromatic heterocycles. The molecule has 24 heavy (non-hydrogen) atoms. The maximum absolute atomic E-state index is 11.8. The lowest BCUT2D eigenvalue weighted by Crippen LogP contribution is -2.23. The Labute approximate surface area is 140 Å². The van der Waals surface area contributed by atoms with E-state index in [0.717, 1.165) is 17.0 Å². The number of nitrogens with zero attached hydrogens (tertiary/aromatic N) is 2. The third-order valence-electron chi connectivity index (χ3n) is 3.45. The van der Waals surface area contributed by atoms with Crippen LogP contribution in [0.15, 0.2) is 66.7 Å². The number of rotatable bonds is 6. The van der Waals surface area contributed by atoms with E-state index in [0.29, 0.717) is 18.8 Å². The van der Waals surface area contributed by atoms with Crippen LogP contribution in [0.25, 0.3) is 17.5 Å². The molecule has 120 valence electrons. The van der Waals surface area contributed by atoms with E-state index in [-0.39, 0.29) is 5.91 Å². The molecule has 0 spiro atoms. The summed E-state index contributed by atoms with van der Waals surface area (Å²) >= 11 is 0. The van der Waals surface area contributed by atoms with Crippen LogP contribution in [0.4, 0.5) is 0 Å². The number of H-pyrrole nitrogens is 1. The number of hydrogen-bond acceptors (Lipinski definition) is 3. The highest BCUT2D eigenvalue weighted by Crippen LogP contribution is 2.13. The van der Waals surface area contributed by atoms with Gasteiger partial charge in [0, 0.05) is 24.6 Å². The Morgan fingerprint density at radius 3 is 2.50 bits per heavy atom. The van der Waals surface area contributed by atoms with Crippen molar-refractivity contribution in [3.05, 3.63) is 78.1 Å². The number of aromatic nitrogens is 3. The predicted octanol–water partition coefficient (Wildman–Crippen LogP) is 2.84. The molecule has 0 radical (unpaired) electrons. The molecule has 0 atom stereocenters. The first-order valence-electron chi connectivity index (χ1n) is 7.79. The predicted molar refractivity (Wildman–Crippen MR) is 94.0 cm³/mol. The molecule has 0 unspecified atom stereocenters. The van der Waals surface area contributed by atoms with E-state index < -0.39 is 0 Å². The average Bonchev–Trinajstić information content (AvgIpc) is 3.11. The maximum Gasteiger partial charge on any atom is 0.244 e. The first-order valence-corrected chi connectivity index (χ1v) is 7.79. The third-order valence-corrected chi connectivity index (χ3v) is 3.45. The summed E-state index contributed by atoms with van der Waals surface area (Å²) in [5, 5.41) is 9.94. The van der Waals surface area contributed by atoms with Crippen LogP contribution in [0, 0.1) is 0 Å². The third kappa shape index (κ3) is 4.39. The van der Waals surface area contributed by atoms with E-state index in [4.69, 9.17) is 0 Å². The van der Waals surface area contributed by atoms with Crippen LogP contribution in [0.3, 0.4) is 0 Å². The van der Waals surface area contributed by atoms with Crippen LogP contribution in [-0.4, -0.2) is 27.6 Å². The fourth-order valence-electron chi connectivity index (χ4n) is 2.22. The number of carbonyl (C=O) groups excluding carboxylic acids is 1. The SMILES string of the molecule is O=C(C=Cc1ccccc1)NCCc1nc(-c2ccccc2)n[nH]1. The second kappa shape index (κ2) is 7.87. The molecule has 2 N–H and O–H groups in total. The van der Waals surface area contributed by atoms with Crippen LogP contribution < -0.4 is 5.32 Å². The number of nitrogens with one attached hydrogen (secondary N) is 2. The molecular formula is C19H18N4O. The summed E-state index contributed by atoms with van der Waals surface area (Å²) in [6, 6.07) is 19.5. The molecule has 2 aromatic carbocycles. The number of amides is 1. The minimum absolute atomic E-state index is 0.123. The lowest BCUT2D eigenvalue weighted by Gasteiger charge is -1.99. The Hall–Kier alpha value is -3.21. The molecular weight excluding hydrogens is 300 g/mol. The number of aromatic amines is 1. The van der Waals surface area contributed by atoms with Gasteiger partial charge in [-0.1, -0.05) is 60.7 Å². The summed E-state index contributed by atoms with van der Waals surface area (Å²) in [6.07, 6.45) is 3.92. The Bertz CT molecular complexity index is 810. The number of hydrogen-bond donors (Lipinski definition) is 2. The van der Waals surface area contributed by atoms with Gasteiger partial charge < -0.3 is 5.32 Å². The molecule has 0 aliphatic rings. The van der Waals surface area contributed by atoms with E-state index in [1.54, 1.807) is 6.08 Å². The van der Waals surface area contributed by atoms with Gasteiger partial charge in [-0.25, -0.2) is 4.98 Å². The molecule has 0 aliphatic carbocycles. The van der Waals surface area contributed by atoms with Crippen molar-refractivity contribution >= 4 is 12.0 Å². The zero-order chi connectivity index (χ0) is 16.6. The van der Waals surface area contributed by atoms with Gasteiger partial charge >= 0.3 is 0 Å². The van der Waals surface area contributed by atoms with Gasteiger partial charge in [0.25, 0.3) is 0 Å². The van der Waals surface area contributed by atoms with Crippen molar-refractivity contribution in [3.63, 3.8) is 0 Å². The van der Waals surface area contributed by atoms with Gasteiger partial charge in [-0.05, 0) is 11.6 Å². The van der Waals surface area contributed by atoms with Gasteiger partial charge in [0.1, 0.15) is 5.82 Å².